The number of anilines is 2. The summed E-state index contributed by atoms with van der Waals surface area (Å²) in [5, 5.41) is 4.67. The highest BCUT2D eigenvalue weighted by atomic mass is 35.5. The number of ether oxygens (including phenoxy) is 1. The summed E-state index contributed by atoms with van der Waals surface area (Å²) < 4.78 is 31.4. The number of nitrogens with one attached hydrogen (secondary N) is 1. The lowest BCUT2D eigenvalue weighted by Crippen LogP contribution is -2.34. The zero-order chi connectivity index (χ0) is 26.5. The number of fused-ring (bicyclic) bond motifs is 1. The van der Waals surface area contributed by atoms with Gasteiger partial charge in [-0.3, -0.25) is 4.90 Å². The summed E-state index contributed by atoms with van der Waals surface area (Å²) in [4.78, 5) is 11.2. The van der Waals surface area contributed by atoms with Crippen LogP contribution >= 0.6 is 18.7 Å². The molecule has 6 nitrogen and oxygen atoms in total. The maximum atomic E-state index is 13.4. The second kappa shape index (κ2) is 11.6. The van der Waals surface area contributed by atoms with Crippen molar-refractivity contribution < 1.29 is 13.7 Å². The maximum Gasteiger partial charge on any atom is 0.141 e. The van der Waals surface area contributed by atoms with Crippen LogP contribution in [0, 0.1) is 5.82 Å². The van der Waals surface area contributed by atoms with Gasteiger partial charge in [0.05, 0.1) is 17.7 Å². The number of nitrogens with zero attached hydrogens (tertiary/aromatic N) is 3. The highest BCUT2D eigenvalue weighted by molar-refractivity contribution is 7.63. The van der Waals surface area contributed by atoms with Crippen molar-refractivity contribution in [3.8, 4) is 5.75 Å². The SMILES string of the molecule is CP1(=O)CCN(CC=Cc2ccc3ncnc(Nc4ccc(OCc5cccc(F)c5)c(Cl)c4)c3c2)CC1. The van der Waals surface area contributed by atoms with Gasteiger partial charge in [0, 0.05) is 43.0 Å². The van der Waals surface area contributed by atoms with Gasteiger partial charge in [-0.25, -0.2) is 14.4 Å². The van der Waals surface area contributed by atoms with Crippen molar-refractivity contribution >= 4 is 47.2 Å². The summed E-state index contributed by atoms with van der Waals surface area (Å²) in [7, 11) is -1.91. The van der Waals surface area contributed by atoms with Gasteiger partial charge in [-0.1, -0.05) is 42.0 Å². The molecule has 0 aliphatic carbocycles. The first-order valence-electron chi connectivity index (χ1n) is 12.5. The predicted octanol–water partition coefficient (Wildman–Crippen LogP) is 7.07. The summed E-state index contributed by atoms with van der Waals surface area (Å²) in [6.45, 7) is 4.73. The van der Waals surface area contributed by atoms with E-state index < -0.39 is 7.14 Å². The zero-order valence-electron chi connectivity index (χ0n) is 21.1. The number of rotatable bonds is 8. The van der Waals surface area contributed by atoms with E-state index >= 15 is 0 Å². The minimum atomic E-state index is -1.91. The summed E-state index contributed by atoms with van der Waals surface area (Å²) in [6.07, 6.45) is 7.37. The first-order chi connectivity index (χ1) is 18.3. The van der Waals surface area contributed by atoms with Crippen molar-refractivity contribution in [3.63, 3.8) is 0 Å². The second-order valence-corrected chi connectivity index (χ2v) is 13.5. The van der Waals surface area contributed by atoms with Crippen LogP contribution in [0.25, 0.3) is 17.0 Å². The quantitative estimate of drug-likeness (QED) is 0.237. The molecule has 3 aromatic carbocycles. The first kappa shape index (κ1) is 26.4. The molecule has 196 valence electrons. The fraction of sp³-hybridized carbons (Fsp3) is 0.241. The fourth-order valence-electron chi connectivity index (χ4n) is 4.35. The first-order valence-corrected chi connectivity index (χ1v) is 15.4. The van der Waals surface area contributed by atoms with Gasteiger partial charge < -0.3 is 14.6 Å². The van der Waals surface area contributed by atoms with Crippen LogP contribution in [0.3, 0.4) is 0 Å². The molecule has 5 rings (SSSR count). The molecule has 0 unspecified atom stereocenters. The van der Waals surface area contributed by atoms with Gasteiger partial charge in [-0.2, -0.15) is 0 Å². The van der Waals surface area contributed by atoms with E-state index in [9.17, 15) is 8.96 Å². The molecule has 1 fully saturated rings. The van der Waals surface area contributed by atoms with Gasteiger partial charge in [0.1, 0.15) is 30.3 Å². The average molecular weight is 551 g/mol. The maximum absolute atomic E-state index is 13.4. The third-order valence-corrected chi connectivity index (χ3v) is 9.18. The van der Waals surface area contributed by atoms with E-state index in [0.717, 1.165) is 59.7 Å². The Labute approximate surface area is 226 Å². The Bertz CT molecular complexity index is 1520. The molecule has 0 amide bonds. The Morgan fingerprint density at radius 2 is 1.95 bits per heavy atom. The Morgan fingerprint density at radius 1 is 1.11 bits per heavy atom. The minimum Gasteiger partial charge on any atom is -0.487 e. The monoisotopic (exact) mass is 550 g/mol. The molecule has 0 spiro atoms. The van der Waals surface area contributed by atoms with Crippen molar-refractivity contribution in [1.29, 1.82) is 0 Å². The van der Waals surface area contributed by atoms with Gasteiger partial charge in [0.25, 0.3) is 0 Å². The molecule has 0 atom stereocenters. The third-order valence-electron chi connectivity index (χ3n) is 6.59. The average Bonchev–Trinajstić information content (AvgIpc) is 2.89. The van der Waals surface area contributed by atoms with Gasteiger partial charge in [0.2, 0.25) is 0 Å². The molecular weight excluding hydrogens is 522 g/mol. The summed E-state index contributed by atoms with van der Waals surface area (Å²) >= 11 is 6.47. The van der Waals surface area contributed by atoms with E-state index in [-0.39, 0.29) is 12.4 Å². The van der Waals surface area contributed by atoms with E-state index in [1.165, 1.54) is 18.5 Å². The van der Waals surface area contributed by atoms with Crippen molar-refractivity contribution in [1.82, 2.24) is 14.9 Å². The number of aromatic nitrogens is 2. The number of halogens is 2. The van der Waals surface area contributed by atoms with E-state index in [2.05, 4.69) is 38.4 Å². The molecule has 0 radical (unpaired) electrons. The highest BCUT2D eigenvalue weighted by Gasteiger charge is 2.22. The van der Waals surface area contributed by atoms with E-state index in [1.807, 2.05) is 24.9 Å². The molecule has 1 saturated heterocycles. The van der Waals surface area contributed by atoms with Crippen molar-refractivity contribution in [2.45, 2.75) is 6.61 Å². The molecule has 2 heterocycles. The minimum absolute atomic E-state index is 0.217. The zero-order valence-corrected chi connectivity index (χ0v) is 22.8. The molecule has 4 aromatic rings. The van der Waals surface area contributed by atoms with Crippen molar-refractivity contribution in [2.24, 2.45) is 0 Å². The molecule has 38 heavy (non-hydrogen) atoms. The van der Waals surface area contributed by atoms with Crippen LogP contribution in [0.15, 0.2) is 73.1 Å². The third kappa shape index (κ3) is 6.79. The van der Waals surface area contributed by atoms with Gasteiger partial charge in [-0.15, -0.1) is 0 Å². The van der Waals surface area contributed by atoms with E-state index in [4.69, 9.17) is 16.3 Å². The Hall–Kier alpha value is -3.25. The van der Waals surface area contributed by atoms with Crippen LogP contribution in [-0.2, 0) is 11.2 Å². The Morgan fingerprint density at radius 3 is 2.74 bits per heavy atom. The van der Waals surface area contributed by atoms with Crippen molar-refractivity contribution in [3.05, 3.63) is 95.0 Å². The molecule has 0 bridgehead atoms. The van der Waals surface area contributed by atoms with Crippen LogP contribution in [0.5, 0.6) is 5.75 Å². The van der Waals surface area contributed by atoms with Crippen LogP contribution in [0.2, 0.25) is 5.02 Å². The number of hydrogen-bond donors (Lipinski definition) is 1. The lowest BCUT2D eigenvalue weighted by atomic mass is 10.1. The standard InChI is InChI=1S/C29H29ClFN4O2P/c1-38(36)14-12-35(13-15-38)11-3-5-21-7-9-27-25(17-21)29(33-20-32-27)34-24-8-10-28(26(30)18-24)37-19-22-4-2-6-23(31)16-22/h2-10,16-18,20H,11-15,19H2,1H3,(H,32,33,34). The highest BCUT2D eigenvalue weighted by Crippen LogP contribution is 2.42. The normalized spacial score (nSPS) is 15.7. The molecule has 9 heteroatoms. The second-order valence-electron chi connectivity index (χ2n) is 9.63. The smallest absolute Gasteiger partial charge is 0.141 e. The molecule has 1 aliphatic heterocycles. The van der Waals surface area contributed by atoms with Crippen LogP contribution in [-0.4, -0.2) is 53.5 Å². The molecule has 1 aliphatic rings. The van der Waals surface area contributed by atoms with E-state index in [1.54, 1.807) is 24.3 Å². The summed E-state index contributed by atoms with van der Waals surface area (Å²) in [5.74, 6) is 0.880. The lowest BCUT2D eigenvalue weighted by Gasteiger charge is -2.29. The number of hydrogen-bond acceptors (Lipinski definition) is 6. The van der Waals surface area contributed by atoms with Crippen LogP contribution in [0.1, 0.15) is 11.1 Å². The topological polar surface area (TPSA) is 67.4 Å². The summed E-state index contributed by atoms with van der Waals surface area (Å²) in [6, 6.07) is 17.8. The van der Waals surface area contributed by atoms with Crippen LogP contribution in [0.4, 0.5) is 15.9 Å². The van der Waals surface area contributed by atoms with Gasteiger partial charge in [-0.05, 0) is 60.3 Å². The van der Waals surface area contributed by atoms with Crippen LogP contribution < -0.4 is 10.1 Å². The van der Waals surface area contributed by atoms with E-state index in [0.29, 0.717) is 16.6 Å². The Balaban J connectivity index is 1.26. The van der Waals surface area contributed by atoms with Gasteiger partial charge >= 0.3 is 0 Å². The molecule has 1 aromatic heterocycles. The Kier molecular flexibility index (Phi) is 8.08. The van der Waals surface area contributed by atoms with Gasteiger partial charge in [0.15, 0.2) is 0 Å². The van der Waals surface area contributed by atoms with Crippen molar-refractivity contribution in [2.75, 3.05) is 43.9 Å². The summed E-state index contributed by atoms with van der Waals surface area (Å²) in [5.41, 5.74) is 3.36. The lowest BCUT2D eigenvalue weighted by molar-refractivity contribution is 0.306. The predicted molar refractivity (Wildman–Crippen MR) is 154 cm³/mol. The number of benzene rings is 3. The molecular formula is C29H29ClFN4O2P. The largest absolute Gasteiger partial charge is 0.487 e. The molecule has 1 N–H and O–H groups in total. The molecule has 0 saturated carbocycles. The fourth-order valence-corrected chi connectivity index (χ4v) is 6.22.